The van der Waals surface area contributed by atoms with Gasteiger partial charge in [-0.15, -0.1) is 0 Å². The molecule has 2 aromatic carbocycles. The molecule has 0 bridgehead atoms. The topological polar surface area (TPSA) is 55.2 Å². The van der Waals surface area contributed by atoms with E-state index in [2.05, 4.69) is 17.4 Å². The minimum absolute atomic E-state index is 0.0939. The van der Waals surface area contributed by atoms with E-state index in [-0.39, 0.29) is 17.4 Å². The maximum atomic E-state index is 13.8. The van der Waals surface area contributed by atoms with Gasteiger partial charge in [-0.3, -0.25) is 10.1 Å². The predicted octanol–water partition coefficient (Wildman–Crippen LogP) is 3.70. The van der Waals surface area contributed by atoms with Crippen molar-refractivity contribution in [3.8, 4) is 0 Å². The molecular weight excluding hydrogens is 271 g/mol. The highest BCUT2D eigenvalue weighted by molar-refractivity contribution is 5.53. The van der Waals surface area contributed by atoms with Crippen molar-refractivity contribution in [3.63, 3.8) is 0 Å². The molecule has 4 nitrogen and oxygen atoms in total. The van der Waals surface area contributed by atoms with Gasteiger partial charge in [0.25, 0.3) is 5.69 Å². The first kappa shape index (κ1) is 13.5. The summed E-state index contributed by atoms with van der Waals surface area (Å²) in [5.41, 5.74) is 2.69. The third-order valence-corrected chi connectivity index (χ3v) is 3.87. The van der Waals surface area contributed by atoms with Crippen LogP contribution in [0.1, 0.15) is 17.5 Å². The lowest BCUT2D eigenvalue weighted by Crippen LogP contribution is -2.27. The summed E-state index contributed by atoms with van der Waals surface area (Å²) in [6.45, 7) is 0. The number of halogens is 1. The molecule has 0 aliphatic heterocycles. The summed E-state index contributed by atoms with van der Waals surface area (Å²) in [6, 6.07) is 11.9. The van der Waals surface area contributed by atoms with Gasteiger partial charge in [0.15, 0.2) is 0 Å². The number of aryl methyl sites for hydroxylation is 1. The molecule has 3 rings (SSSR count). The van der Waals surface area contributed by atoms with Crippen molar-refractivity contribution in [3.05, 3.63) is 69.5 Å². The molecule has 1 unspecified atom stereocenters. The van der Waals surface area contributed by atoms with Crippen LogP contribution >= 0.6 is 0 Å². The fourth-order valence-corrected chi connectivity index (χ4v) is 2.78. The van der Waals surface area contributed by atoms with Gasteiger partial charge >= 0.3 is 0 Å². The van der Waals surface area contributed by atoms with Crippen molar-refractivity contribution in [2.75, 3.05) is 5.32 Å². The van der Waals surface area contributed by atoms with Crippen molar-refractivity contribution in [2.45, 2.75) is 25.3 Å². The third-order valence-electron chi connectivity index (χ3n) is 3.87. The molecule has 1 atom stereocenters. The van der Waals surface area contributed by atoms with Gasteiger partial charge in [0.05, 0.1) is 10.6 Å². The van der Waals surface area contributed by atoms with E-state index in [0.29, 0.717) is 0 Å². The normalized spacial score (nSPS) is 17.1. The standard InChI is InChI=1S/C16H15FN2O2/c17-15-8-7-14(19(20)21)10-16(15)18-13-6-5-11-3-1-2-4-12(11)9-13/h1-4,7-8,10,13,18H,5-6,9H2. The number of nitrogens with one attached hydrogen (secondary N) is 1. The molecular formula is C16H15FN2O2. The molecule has 0 radical (unpaired) electrons. The number of hydrogen-bond acceptors (Lipinski definition) is 3. The highest BCUT2D eigenvalue weighted by atomic mass is 19.1. The Morgan fingerprint density at radius 3 is 2.71 bits per heavy atom. The van der Waals surface area contributed by atoms with Crippen molar-refractivity contribution in [2.24, 2.45) is 0 Å². The van der Waals surface area contributed by atoms with Crippen LogP contribution in [-0.4, -0.2) is 11.0 Å². The van der Waals surface area contributed by atoms with Gasteiger partial charge in [0.1, 0.15) is 5.82 Å². The van der Waals surface area contributed by atoms with E-state index < -0.39 is 10.7 Å². The number of fused-ring (bicyclic) bond motifs is 1. The second kappa shape index (κ2) is 5.52. The minimum atomic E-state index is -0.513. The third kappa shape index (κ3) is 2.86. The second-order valence-corrected chi connectivity index (χ2v) is 5.27. The zero-order chi connectivity index (χ0) is 14.8. The highest BCUT2D eigenvalue weighted by Gasteiger charge is 2.20. The van der Waals surface area contributed by atoms with Gasteiger partial charge in [-0.05, 0) is 36.5 Å². The number of rotatable bonds is 3. The first-order valence-electron chi connectivity index (χ1n) is 6.91. The number of hydrogen-bond donors (Lipinski definition) is 1. The van der Waals surface area contributed by atoms with Crippen molar-refractivity contribution in [1.82, 2.24) is 0 Å². The van der Waals surface area contributed by atoms with E-state index in [4.69, 9.17) is 0 Å². The van der Waals surface area contributed by atoms with Gasteiger partial charge in [-0.1, -0.05) is 24.3 Å². The maximum Gasteiger partial charge on any atom is 0.271 e. The number of anilines is 1. The van der Waals surface area contributed by atoms with Gasteiger partial charge in [0.2, 0.25) is 0 Å². The summed E-state index contributed by atoms with van der Waals surface area (Å²) in [4.78, 5) is 10.3. The molecule has 1 N–H and O–H groups in total. The average Bonchev–Trinajstić information content (AvgIpc) is 2.49. The van der Waals surface area contributed by atoms with E-state index in [1.54, 1.807) is 0 Å². The van der Waals surface area contributed by atoms with E-state index in [1.165, 1.54) is 23.3 Å². The molecule has 0 fully saturated rings. The lowest BCUT2D eigenvalue weighted by Gasteiger charge is -2.26. The monoisotopic (exact) mass is 286 g/mol. The molecule has 108 valence electrons. The van der Waals surface area contributed by atoms with Crippen LogP contribution < -0.4 is 5.32 Å². The first-order chi connectivity index (χ1) is 10.1. The lowest BCUT2D eigenvalue weighted by molar-refractivity contribution is -0.384. The molecule has 0 spiro atoms. The Balaban J connectivity index is 1.79. The fourth-order valence-electron chi connectivity index (χ4n) is 2.78. The molecule has 2 aromatic rings. The van der Waals surface area contributed by atoms with Crippen molar-refractivity contribution < 1.29 is 9.31 Å². The Bertz CT molecular complexity index is 688. The number of nitro groups is 1. The molecule has 0 heterocycles. The highest BCUT2D eigenvalue weighted by Crippen LogP contribution is 2.26. The van der Waals surface area contributed by atoms with E-state index >= 15 is 0 Å². The van der Waals surface area contributed by atoms with Crippen molar-refractivity contribution in [1.29, 1.82) is 0 Å². The van der Waals surface area contributed by atoms with Crippen molar-refractivity contribution >= 4 is 11.4 Å². The molecule has 0 saturated heterocycles. The zero-order valence-electron chi connectivity index (χ0n) is 11.4. The van der Waals surface area contributed by atoms with Crippen LogP contribution in [0, 0.1) is 15.9 Å². The molecule has 0 saturated carbocycles. The summed E-state index contributed by atoms with van der Waals surface area (Å²) in [7, 11) is 0. The second-order valence-electron chi connectivity index (χ2n) is 5.27. The average molecular weight is 286 g/mol. The van der Waals surface area contributed by atoms with Gasteiger partial charge < -0.3 is 5.32 Å². The maximum absolute atomic E-state index is 13.8. The largest absolute Gasteiger partial charge is 0.379 e. The molecule has 1 aliphatic carbocycles. The molecule has 1 aliphatic rings. The fraction of sp³-hybridized carbons (Fsp3) is 0.250. The SMILES string of the molecule is O=[N+]([O-])c1ccc(F)c(NC2CCc3ccccc3C2)c1. The molecule has 0 amide bonds. The van der Waals surface area contributed by atoms with Crippen LogP contribution in [0.25, 0.3) is 0 Å². The smallest absolute Gasteiger partial charge is 0.271 e. The Kier molecular flexibility index (Phi) is 3.56. The minimum Gasteiger partial charge on any atom is -0.379 e. The molecule has 0 aromatic heterocycles. The van der Waals surface area contributed by atoms with Crippen LogP contribution in [0.3, 0.4) is 0 Å². The van der Waals surface area contributed by atoms with E-state index in [0.717, 1.165) is 25.3 Å². The summed E-state index contributed by atoms with van der Waals surface area (Å²) in [5.74, 6) is -0.459. The Morgan fingerprint density at radius 2 is 1.95 bits per heavy atom. The molecule has 21 heavy (non-hydrogen) atoms. The quantitative estimate of drug-likeness (QED) is 0.691. The first-order valence-corrected chi connectivity index (χ1v) is 6.91. The van der Waals surface area contributed by atoms with Crippen LogP contribution in [0.5, 0.6) is 0 Å². The van der Waals surface area contributed by atoms with E-state index in [1.807, 2.05) is 12.1 Å². The van der Waals surface area contributed by atoms with Gasteiger partial charge in [-0.25, -0.2) is 4.39 Å². The van der Waals surface area contributed by atoms with Crippen LogP contribution in [0.2, 0.25) is 0 Å². The lowest BCUT2D eigenvalue weighted by atomic mass is 9.88. The summed E-state index contributed by atoms with van der Waals surface area (Å²) in [5, 5.41) is 13.9. The Hall–Kier alpha value is -2.43. The summed E-state index contributed by atoms with van der Waals surface area (Å²) < 4.78 is 13.8. The number of nitrogens with zero attached hydrogens (tertiary/aromatic N) is 1. The number of non-ortho nitro benzene ring substituents is 1. The Morgan fingerprint density at radius 1 is 1.19 bits per heavy atom. The van der Waals surface area contributed by atoms with Gasteiger partial charge in [-0.2, -0.15) is 0 Å². The molecule has 5 heteroatoms. The summed E-state index contributed by atoms with van der Waals surface area (Å²) in [6.07, 6.45) is 2.63. The van der Waals surface area contributed by atoms with Gasteiger partial charge in [0, 0.05) is 18.2 Å². The van der Waals surface area contributed by atoms with E-state index in [9.17, 15) is 14.5 Å². The van der Waals surface area contributed by atoms with Crippen LogP contribution in [0.4, 0.5) is 15.8 Å². The Labute approximate surface area is 121 Å². The number of benzene rings is 2. The summed E-state index contributed by atoms with van der Waals surface area (Å²) >= 11 is 0. The number of nitro benzene ring substituents is 1. The van der Waals surface area contributed by atoms with Crippen LogP contribution in [-0.2, 0) is 12.8 Å². The zero-order valence-corrected chi connectivity index (χ0v) is 11.4. The predicted molar refractivity (Wildman–Crippen MR) is 78.9 cm³/mol. The van der Waals surface area contributed by atoms with Crippen LogP contribution in [0.15, 0.2) is 42.5 Å².